The van der Waals surface area contributed by atoms with Crippen LogP contribution in [0.2, 0.25) is 0 Å². The van der Waals surface area contributed by atoms with Gasteiger partial charge in [0.15, 0.2) is 0 Å². The number of hydrogen-bond acceptors (Lipinski definition) is 3. The fourth-order valence-corrected chi connectivity index (χ4v) is 1.83. The molecule has 1 N–H and O–H groups in total. The van der Waals surface area contributed by atoms with Crippen LogP contribution < -0.4 is 10.2 Å². The van der Waals surface area contributed by atoms with Crippen LogP contribution in [0.15, 0.2) is 36.5 Å². The largest absolute Gasteiger partial charge is 0.379 e. The Bertz CT molecular complexity index is 511. The average Bonchev–Trinajstić information content (AvgIpc) is 2.86. The topological polar surface area (TPSA) is 33.1 Å². The first-order valence-corrected chi connectivity index (χ1v) is 6.61. The molecular formula is C15H22N4. The van der Waals surface area contributed by atoms with E-state index in [0.29, 0.717) is 6.04 Å². The van der Waals surface area contributed by atoms with Crippen molar-refractivity contribution in [1.82, 2.24) is 9.78 Å². The number of nitrogens with zero attached hydrogens (tertiary/aromatic N) is 3. The normalized spacial score (nSPS) is 10.8. The number of rotatable bonds is 5. The van der Waals surface area contributed by atoms with E-state index < -0.39 is 0 Å². The highest BCUT2D eigenvalue weighted by atomic mass is 15.3. The van der Waals surface area contributed by atoms with Crippen molar-refractivity contribution in [3.05, 3.63) is 42.2 Å². The van der Waals surface area contributed by atoms with Gasteiger partial charge in [0, 0.05) is 37.7 Å². The Morgan fingerprint density at radius 3 is 2.37 bits per heavy atom. The van der Waals surface area contributed by atoms with Gasteiger partial charge in [-0.1, -0.05) is 0 Å². The molecule has 0 aliphatic carbocycles. The molecule has 0 spiro atoms. The Kier molecular flexibility index (Phi) is 4.10. The summed E-state index contributed by atoms with van der Waals surface area (Å²) in [7, 11) is 4.09. The van der Waals surface area contributed by atoms with Gasteiger partial charge in [0.25, 0.3) is 0 Å². The summed E-state index contributed by atoms with van der Waals surface area (Å²) in [6.07, 6.45) is 2.02. The minimum Gasteiger partial charge on any atom is -0.379 e. The monoisotopic (exact) mass is 258 g/mol. The molecule has 0 aliphatic heterocycles. The third-order valence-corrected chi connectivity index (χ3v) is 3.05. The number of anilines is 2. The summed E-state index contributed by atoms with van der Waals surface area (Å²) in [6, 6.07) is 10.9. The van der Waals surface area contributed by atoms with E-state index in [1.54, 1.807) is 0 Å². The fourth-order valence-electron chi connectivity index (χ4n) is 1.83. The van der Waals surface area contributed by atoms with E-state index in [1.165, 1.54) is 5.69 Å². The van der Waals surface area contributed by atoms with Crippen molar-refractivity contribution in [2.45, 2.75) is 26.4 Å². The van der Waals surface area contributed by atoms with E-state index in [2.05, 4.69) is 59.5 Å². The van der Waals surface area contributed by atoms with Crippen LogP contribution >= 0.6 is 0 Å². The smallest absolute Gasteiger partial charge is 0.0815 e. The van der Waals surface area contributed by atoms with Crippen molar-refractivity contribution in [1.29, 1.82) is 0 Å². The third-order valence-electron chi connectivity index (χ3n) is 3.05. The summed E-state index contributed by atoms with van der Waals surface area (Å²) < 4.78 is 1.98. The van der Waals surface area contributed by atoms with Crippen LogP contribution in [0.4, 0.5) is 11.4 Å². The first kappa shape index (κ1) is 13.5. The number of nitrogens with one attached hydrogen (secondary N) is 1. The number of benzene rings is 1. The van der Waals surface area contributed by atoms with Crippen LogP contribution in [-0.4, -0.2) is 23.9 Å². The van der Waals surface area contributed by atoms with Crippen molar-refractivity contribution in [3.63, 3.8) is 0 Å². The first-order chi connectivity index (χ1) is 9.06. The molecule has 19 heavy (non-hydrogen) atoms. The molecular weight excluding hydrogens is 236 g/mol. The second-order valence-corrected chi connectivity index (χ2v) is 5.18. The Hall–Kier alpha value is -1.97. The summed E-state index contributed by atoms with van der Waals surface area (Å²) in [4.78, 5) is 2.09. The van der Waals surface area contributed by atoms with Gasteiger partial charge in [0.05, 0.1) is 12.2 Å². The van der Waals surface area contributed by atoms with Crippen LogP contribution in [0, 0.1) is 0 Å². The van der Waals surface area contributed by atoms with Gasteiger partial charge in [-0.05, 0) is 44.2 Å². The van der Waals surface area contributed by atoms with Gasteiger partial charge in [-0.2, -0.15) is 5.10 Å². The molecule has 2 rings (SSSR count). The molecule has 1 heterocycles. The van der Waals surface area contributed by atoms with E-state index in [9.17, 15) is 0 Å². The Morgan fingerprint density at radius 2 is 1.84 bits per heavy atom. The van der Waals surface area contributed by atoms with Gasteiger partial charge in [0.1, 0.15) is 0 Å². The molecule has 1 aromatic carbocycles. The van der Waals surface area contributed by atoms with Crippen LogP contribution in [0.3, 0.4) is 0 Å². The van der Waals surface area contributed by atoms with E-state index in [1.807, 2.05) is 25.0 Å². The second-order valence-electron chi connectivity index (χ2n) is 5.18. The lowest BCUT2D eigenvalue weighted by Gasteiger charge is -2.13. The molecule has 0 fully saturated rings. The Morgan fingerprint density at radius 1 is 1.16 bits per heavy atom. The summed E-state index contributed by atoms with van der Waals surface area (Å²) in [6.45, 7) is 5.01. The summed E-state index contributed by atoms with van der Waals surface area (Å²) >= 11 is 0. The predicted octanol–water partition coefficient (Wildman–Crippen LogP) is 3.14. The SMILES string of the molecule is CC(C)n1ccc(CNc2ccc(N(C)C)cc2)n1. The lowest BCUT2D eigenvalue weighted by Crippen LogP contribution is -2.08. The minimum atomic E-state index is 0.410. The van der Waals surface area contributed by atoms with E-state index in [0.717, 1.165) is 17.9 Å². The molecule has 0 aliphatic rings. The molecule has 4 heteroatoms. The van der Waals surface area contributed by atoms with E-state index >= 15 is 0 Å². The highest BCUT2D eigenvalue weighted by molar-refractivity contribution is 5.54. The van der Waals surface area contributed by atoms with Crippen LogP contribution in [0.1, 0.15) is 25.6 Å². The molecule has 2 aromatic rings. The van der Waals surface area contributed by atoms with Crippen molar-refractivity contribution >= 4 is 11.4 Å². The van der Waals surface area contributed by atoms with Gasteiger partial charge in [0.2, 0.25) is 0 Å². The zero-order chi connectivity index (χ0) is 13.8. The van der Waals surface area contributed by atoms with E-state index in [-0.39, 0.29) is 0 Å². The average molecular weight is 258 g/mol. The zero-order valence-electron chi connectivity index (χ0n) is 12.1. The fraction of sp³-hybridized carbons (Fsp3) is 0.400. The minimum absolute atomic E-state index is 0.410. The molecule has 0 atom stereocenters. The molecule has 0 radical (unpaired) electrons. The third kappa shape index (κ3) is 3.50. The van der Waals surface area contributed by atoms with Gasteiger partial charge >= 0.3 is 0 Å². The molecule has 0 saturated heterocycles. The van der Waals surface area contributed by atoms with Crippen molar-refractivity contribution in [2.75, 3.05) is 24.3 Å². The lowest BCUT2D eigenvalue weighted by molar-refractivity contribution is 0.527. The van der Waals surface area contributed by atoms with Crippen LogP contribution in [-0.2, 0) is 6.54 Å². The summed E-state index contributed by atoms with van der Waals surface area (Å²) in [5.74, 6) is 0. The van der Waals surface area contributed by atoms with Crippen molar-refractivity contribution in [2.24, 2.45) is 0 Å². The van der Waals surface area contributed by atoms with Crippen molar-refractivity contribution < 1.29 is 0 Å². The Labute approximate surface area is 115 Å². The molecule has 0 bridgehead atoms. The summed E-state index contributed by atoms with van der Waals surface area (Å²) in [5, 5.41) is 7.90. The van der Waals surface area contributed by atoms with Gasteiger partial charge in [-0.25, -0.2) is 0 Å². The lowest BCUT2D eigenvalue weighted by atomic mass is 10.2. The van der Waals surface area contributed by atoms with Crippen LogP contribution in [0.5, 0.6) is 0 Å². The van der Waals surface area contributed by atoms with Crippen molar-refractivity contribution in [3.8, 4) is 0 Å². The number of hydrogen-bond donors (Lipinski definition) is 1. The van der Waals surface area contributed by atoms with Crippen LogP contribution in [0.25, 0.3) is 0 Å². The molecule has 1 aromatic heterocycles. The van der Waals surface area contributed by atoms with Gasteiger partial charge in [-0.15, -0.1) is 0 Å². The first-order valence-electron chi connectivity index (χ1n) is 6.61. The maximum Gasteiger partial charge on any atom is 0.0815 e. The maximum absolute atomic E-state index is 4.52. The highest BCUT2D eigenvalue weighted by Crippen LogP contribution is 2.16. The maximum atomic E-state index is 4.52. The van der Waals surface area contributed by atoms with E-state index in [4.69, 9.17) is 0 Å². The molecule has 4 nitrogen and oxygen atoms in total. The van der Waals surface area contributed by atoms with Gasteiger partial charge < -0.3 is 10.2 Å². The molecule has 0 saturated carbocycles. The second kappa shape index (κ2) is 5.78. The summed E-state index contributed by atoms with van der Waals surface area (Å²) in [5.41, 5.74) is 3.38. The molecule has 0 unspecified atom stereocenters. The molecule has 102 valence electrons. The Balaban J connectivity index is 1.94. The quantitative estimate of drug-likeness (QED) is 0.894. The molecule has 0 amide bonds. The standard InChI is InChI=1S/C15H22N4/c1-12(2)19-10-9-14(17-19)11-16-13-5-7-15(8-6-13)18(3)4/h5-10,12,16H,11H2,1-4H3. The number of aromatic nitrogens is 2. The zero-order valence-corrected chi connectivity index (χ0v) is 12.1. The highest BCUT2D eigenvalue weighted by Gasteiger charge is 2.02. The predicted molar refractivity (Wildman–Crippen MR) is 80.7 cm³/mol. The van der Waals surface area contributed by atoms with Gasteiger partial charge in [-0.3, -0.25) is 4.68 Å².